The van der Waals surface area contributed by atoms with Gasteiger partial charge in [0.2, 0.25) is 10.0 Å². The van der Waals surface area contributed by atoms with Crippen LogP contribution in [0.3, 0.4) is 0 Å². The van der Waals surface area contributed by atoms with Crippen LogP contribution in [0.1, 0.15) is 35.3 Å². The van der Waals surface area contributed by atoms with Gasteiger partial charge in [-0.2, -0.15) is 14.5 Å². The highest BCUT2D eigenvalue weighted by Gasteiger charge is 2.29. The van der Waals surface area contributed by atoms with Gasteiger partial charge in [-0.25, -0.2) is 8.42 Å². The lowest BCUT2D eigenvalue weighted by Crippen LogP contribution is -2.28. The van der Waals surface area contributed by atoms with E-state index in [1.165, 1.54) is 4.31 Å². The summed E-state index contributed by atoms with van der Waals surface area (Å²) in [6.45, 7) is 10.3. The van der Waals surface area contributed by atoms with Crippen LogP contribution in [0.2, 0.25) is 0 Å². The first-order valence-electron chi connectivity index (χ1n) is 7.60. The zero-order valence-electron chi connectivity index (χ0n) is 14.9. The molecule has 0 bridgehead atoms. The predicted octanol–water partition coefficient (Wildman–Crippen LogP) is 1.69. The molecule has 0 radical (unpaired) electrons. The minimum Gasteiger partial charge on any atom is -0.272 e. The standard InChI is InChI=1S/C15H25N5O2S/c1-8-20-13(5)15(11(3)17-20)23(21,22)18(6)9-14-10(2)16-19(7)12(14)4/h8-9H2,1-7H3. The SMILES string of the molecule is CCn1nc(C)c(S(=O)(=O)N(C)Cc2c(C)nn(C)c2C)c1C. The first-order chi connectivity index (χ1) is 10.6. The Kier molecular flexibility index (Phi) is 4.68. The molecular formula is C15H25N5O2S. The van der Waals surface area contributed by atoms with E-state index in [2.05, 4.69) is 10.2 Å². The van der Waals surface area contributed by atoms with Crippen LogP contribution in [-0.4, -0.2) is 39.3 Å². The van der Waals surface area contributed by atoms with E-state index in [-0.39, 0.29) is 0 Å². The second kappa shape index (κ2) is 6.09. The Morgan fingerprint density at radius 1 is 1.04 bits per heavy atom. The largest absolute Gasteiger partial charge is 0.272 e. The van der Waals surface area contributed by atoms with Crippen LogP contribution in [0, 0.1) is 27.7 Å². The molecule has 0 aliphatic rings. The monoisotopic (exact) mass is 339 g/mol. The zero-order valence-corrected chi connectivity index (χ0v) is 15.7. The highest BCUT2D eigenvalue weighted by atomic mass is 32.2. The Morgan fingerprint density at radius 2 is 1.65 bits per heavy atom. The fraction of sp³-hybridized carbons (Fsp3) is 0.600. The normalized spacial score (nSPS) is 12.3. The number of hydrogen-bond donors (Lipinski definition) is 0. The molecule has 128 valence electrons. The minimum atomic E-state index is -3.60. The van der Waals surface area contributed by atoms with Crippen molar-refractivity contribution in [2.75, 3.05) is 7.05 Å². The van der Waals surface area contributed by atoms with Gasteiger partial charge >= 0.3 is 0 Å². The molecule has 0 aliphatic carbocycles. The molecule has 0 aromatic carbocycles. The first kappa shape index (κ1) is 17.7. The van der Waals surface area contributed by atoms with Crippen molar-refractivity contribution in [1.82, 2.24) is 23.9 Å². The molecule has 0 fully saturated rings. The zero-order chi connectivity index (χ0) is 17.5. The number of rotatable bonds is 5. The molecule has 7 nitrogen and oxygen atoms in total. The minimum absolute atomic E-state index is 0.296. The molecule has 0 atom stereocenters. The van der Waals surface area contributed by atoms with E-state index in [4.69, 9.17) is 0 Å². The van der Waals surface area contributed by atoms with Gasteiger partial charge in [-0.05, 0) is 34.6 Å². The number of aromatic nitrogens is 4. The topological polar surface area (TPSA) is 73.0 Å². The van der Waals surface area contributed by atoms with Crippen molar-refractivity contribution in [1.29, 1.82) is 0 Å². The molecule has 0 spiro atoms. The molecule has 0 saturated carbocycles. The van der Waals surface area contributed by atoms with Crippen molar-refractivity contribution in [3.05, 3.63) is 28.3 Å². The predicted molar refractivity (Wildman–Crippen MR) is 88.7 cm³/mol. The Labute approximate surface area is 138 Å². The molecule has 23 heavy (non-hydrogen) atoms. The van der Waals surface area contributed by atoms with Crippen LogP contribution in [-0.2, 0) is 30.2 Å². The Bertz CT molecular complexity index is 833. The molecule has 0 aliphatic heterocycles. The lowest BCUT2D eigenvalue weighted by atomic mass is 10.2. The molecule has 2 rings (SSSR count). The second-order valence-corrected chi connectivity index (χ2v) is 7.83. The van der Waals surface area contributed by atoms with Gasteiger partial charge in [0.15, 0.2) is 0 Å². The van der Waals surface area contributed by atoms with Gasteiger partial charge in [0.05, 0.1) is 17.1 Å². The third-order valence-electron chi connectivity index (χ3n) is 4.32. The van der Waals surface area contributed by atoms with E-state index in [0.29, 0.717) is 29.4 Å². The molecular weight excluding hydrogens is 314 g/mol. The Morgan fingerprint density at radius 3 is 2.09 bits per heavy atom. The first-order valence-corrected chi connectivity index (χ1v) is 9.04. The van der Waals surface area contributed by atoms with Crippen LogP contribution in [0.15, 0.2) is 4.90 Å². The van der Waals surface area contributed by atoms with E-state index in [0.717, 1.165) is 17.0 Å². The number of aryl methyl sites for hydroxylation is 4. The van der Waals surface area contributed by atoms with E-state index in [9.17, 15) is 8.42 Å². The summed E-state index contributed by atoms with van der Waals surface area (Å²) in [6.07, 6.45) is 0. The van der Waals surface area contributed by atoms with Crippen LogP contribution in [0.4, 0.5) is 0 Å². The number of nitrogens with zero attached hydrogens (tertiary/aromatic N) is 5. The summed E-state index contributed by atoms with van der Waals surface area (Å²) in [5.41, 5.74) is 3.98. The highest BCUT2D eigenvalue weighted by molar-refractivity contribution is 7.89. The maximum absolute atomic E-state index is 13.0. The van der Waals surface area contributed by atoms with Crippen LogP contribution >= 0.6 is 0 Å². The van der Waals surface area contributed by atoms with Gasteiger partial charge < -0.3 is 0 Å². The van der Waals surface area contributed by atoms with Gasteiger partial charge in [0.1, 0.15) is 4.90 Å². The van der Waals surface area contributed by atoms with Gasteiger partial charge in [-0.15, -0.1) is 0 Å². The quantitative estimate of drug-likeness (QED) is 0.831. The van der Waals surface area contributed by atoms with Crippen LogP contribution < -0.4 is 0 Å². The van der Waals surface area contributed by atoms with E-state index in [1.54, 1.807) is 30.3 Å². The summed E-state index contributed by atoms with van der Waals surface area (Å²) < 4.78 is 30.8. The molecule has 2 aromatic rings. The van der Waals surface area contributed by atoms with E-state index < -0.39 is 10.0 Å². The maximum atomic E-state index is 13.0. The molecule has 8 heteroatoms. The van der Waals surface area contributed by atoms with Gasteiger partial charge in [0, 0.05) is 38.4 Å². The Balaban J connectivity index is 2.42. The lowest BCUT2D eigenvalue weighted by molar-refractivity contribution is 0.464. The maximum Gasteiger partial charge on any atom is 0.246 e. The molecule has 0 amide bonds. The highest BCUT2D eigenvalue weighted by Crippen LogP contribution is 2.25. The average molecular weight is 339 g/mol. The van der Waals surface area contributed by atoms with E-state index >= 15 is 0 Å². The number of sulfonamides is 1. The fourth-order valence-corrected chi connectivity index (χ4v) is 4.38. The van der Waals surface area contributed by atoms with Gasteiger partial charge in [-0.3, -0.25) is 9.36 Å². The van der Waals surface area contributed by atoms with Crippen molar-refractivity contribution in [3.8, 4) is 0 Å². The summed E-state index contributed by atoms with van der Waals surface area (Å²) >= 11 is 0. The molecule has 2 aromatic heterocycles. The molecule has 0 unspecified atom stereocenters. The fourth-order valence-electron chi connectivity index (χ4n) is 2.87. The summed E-state index contributed by atoms with van der Waals surface area (Å²) in [5, 5.41) is 8.67. The molecule has 2 heterocycles. The second-order valence-electron chi connectivity index (χ2n) is 5.85. The van der Waals surface area contributed by atoms with Crippen molar-refractivity contribution >= 4 is 10.0 Å². The summed E-state index contributed by atoms with van der Waals surface area (Å²) in [7, 11) is -0.137. The van der Waals surface area contributed by atoms with Gasteiger partial charge in [-0.1, -0.05) is 0 Å². The average Bonchev–Trinajstić information content (AvgIpc) is 2.89. The summed E-state index contributed by atoms with van der Waals surface area (Å²) in [5.74, 6) is 0. The van der Waals surface area contributed by atoms with Crippen LogP contribution in [0.5, 0.6) is 0 Å². The van der Waals surface area contributed by atoms with Crippen molar-refractivity contribution in [3.63, 3.8) is 0 Å². The molecule has 0 saturated heterocycles. The lowest BCUT2D eigenvalue weighted by Gasteiger charge is -2.18. The van der Waals surface area contributed by atoms with Crippen LogP contribution in [0.25, 0.3) is 0 Å². The van der Waals surface area contributed by atoms with E-state index in [1.807, 2.05) is 27.8 Å². The smallest absolute Gasteiger partial charge is 0.246 e. The number of hydrogen-bond acceptors (Lipinski definition) is 4. The van der Waals surface area contributed by atoms with Gasteiger partial charge in [0.25, 0.3) is 0 Å². The third-order valence-corrected chi connectivity index (χ3v) is 6.38. The van der Waals surface area contributed by atoms with Crippen molar-refractivity contribution in [2.45, 2.75) is 52.6 Å². The summed E-state index contributed by atoms with van der Waals surface area (Å²) in [6, 6.07) is 0. The van der Waals surface area contributed by atoms with Crippen molar-refractivity contribution in [2.24, 2.45) is 7.05 Å². The Hall–Kier alpha value is -1.67. The summed E-state index contributed by atoms with van der Waals surface area (Å²) in [4.78, 5) is 0.307. The molecule has 0 N–H and O–H groups in total. The van der Waals surface area contributed by atoms with Crippen molar-refractivity contribution < 1.29 is 8.42 Å². The third kappa shape index (κ3) is 2.92.